The topological polar surface area (TPSA) is 55.8 Å². The zero-order valence-corrected chi connectivity index (χ0v) is 27.2. The molecule has 0 N–H and O–H groups in total. The smallest absolute Gasteiger partial charge is 0.410 e. The molecule has 0 spiro atoms. The third-order valence-electron chi connectivity index (χ3n) is 8.67. The zero-order chi connectivity index (χ0) is 32.3. The van der Waals surface area contributed by atoms with E-state index in [4.69, 9.17) is 9.47 Å². The molecular weight excluding hydrogens is 565 g/mol. The van der Waals surface area contributed by atoms with Crippen LogP contribution in [-0.4, -0.2) is 35.0 Å². The van der Waals surface area contributed by atoms with Crippen molar-refractivity contribution in [3.63, 3.8) is 0 Å². The number of ketones is 1. The fourth-order valence-corrected chi connectivity index (χ4v) is 6.37. The quantitative estimate of drug-likeness (QED) is 0.177. The van der Waals surface area contributed by atoms with Crippen molar-refractivity contribution < 1.29 is 23.5 Å². The van der Waals surface area contributed by atoms with E-state index in [-0.39, 0.29) is 29.7 Å². The third-order valence-corrected chi connectivity index (χ3v) is 8.67. The SMILES string of the molecule is CCCC(=O)c1cc(C2CC(CCN(C(=O)OC(C)(C)C)C(C)c3ccc(F)c4ccccc34)Oc3ccccc32)ccc1C. The van der Waals surface area contributed by atoms with Crippen LogP contribution in [0.4, 0.5) is 9.18 Å². The Labute approximate surface area is 266 Å². The number of halogens is 1. The molecule has 6 heteroatoms. The fraction of sp³-hybridized carbons (Fsp3) is 0.385. The molecule has 1 aliphatic rings. The van der Waals surface area contributed by atoms with Gasteiger partial charge in [-0.3, -0.25) is 4.79 Å². The lowest BCUT2D eigenvalue weighted by atomic mass is 9.82. The number of carbonyl (C=O) groups excluding carboxylic acids is 2. The molecule has 3 unspecified atom stereocenters. The van der Waals surface area contributed by atoms with Gasteiger partial charge in [0, 0.05) is 41.8 Å². The lowest BCUT2D eigenvalue weighted by Gasteiger charge is -2.36. The van der Waals surface area contributed by atoms with Crippen LogP contribution in [0.5, 0.6) is 5.75 Å². The minimum Gasteiger partial charge on any atom is -0.490 e. The number of benzene rings is 4. The molecule has 5 nitrogen and oxygen atoms in total. The number of ether oxygens (including phenoxy) is 2. The van der Waals surface area contributed by atoms with Gasteiger partial charge in [0.15, 0.2) is 5.78 Å². The van der Waals surface area contributed by atoms with Gasteiger partial charge in [0.25, 0.3) is 0 Å². The summed E-state index contributed by atoms with van der Waals surface area (Å²) < 4.78 is 27.1. The normalized spacial score (nSPS) is 16.9. The van der Waals surface area contributed by atoms with Crippen LogP contribution < -0.4 is 4.74 Å². The van der Waals surface area contributed by atoms with Gasteiger partial charge < -0.3 is 14.4 Å². The lowest BCUT2D eigenvalue weighted by molar-refractivity contribution is 0.0142. The number of hydrogen-bond donors (Lipinski definition) is 0. The van der Waals surface area contributed by atoms with Gasteiger partial charge in [-0.25, -0.2) is 9.18 Å². The Balaban J connectivity index is 1.44. The number of carbonyl (C=O) groups is 2. The molecule has 45 heavy (non-hydrogen) atoms. The number of hydrogen-bond acceptors (Lipinski definition) is 4. The Morgan fingerprint density at radius 3 is 2.44 bits per heavy atom. The van der Waals surface area contributed by atoms with E-state index in [1.165, 1.54) is 6.07 Å². The Kier molecular flexibility index (Phi) is 9.62. The average Bonchev–Trinajstić information content (AvgIpc) is 3.00. The summed E-state index contributed by atoms with van der Waals surface area (Å²) in [4.78, 5) is 28.3. The van der Waals surface area contributed by atoms with Crippen molar-refractivity contribution in [1.29, 1.82) is 0 Å². The maximum absolute atomic E-state index is 14.7. The highest BCUT2D eigenvalue weighted by atomic mass is 19.1. The van der Waals surface area contributed by atoms with E-state index in [0.29, 0.717) is 31.2 Å². The van der Waals surface area contributed by atoms with Crippen molar-refractivity contribution >= 4 is 22.6 Å². The molecule has 0 fully saturated rings. The summed E-state index contributed by atoms with van der Waals surface area (Å²) in [5.41, 5.74) is 4.15. The Morgan fingerprint density at radius 2 is 1.71 bits per heavy atom. The van der Waals surface area contributed by atoms with Crippen LogP contribution in [0.3, 0.4) is 0 Å². The molecule has 1 amide bonds. The Hall–Kier alpha value is -4.19. The van der Waals surface area contributed by atoms with Gasteiger partial charge >= 0.3 is 6.09 Å². The molecule has 4 aromatic rings. The van der Waals surface area contributed by atoms with Crippen molar-refractivity contribution in [1.82, 2.24) is 4.90 Å². The van der Waals surface area contributed by atoms with Gasteiger partial charge in [-0.05, 0) is 87.7 Å². The second-order valence-electron chi connectivity index (χ2n) is 13.1. The van der Waals surface area contributed by atoms with Crippen LogP contribution >= 0.6 is 0 Å². The zero-order valence-electron chi connectivity index (χ0n) is 27.2. The van der Waals surface area contributed by atoms with E-state index in [2.05, 4.69) is 18.2 Å². The summed E-state index contributed by atoms with van der Waals surface area (Å²) in [6.45, 7) is 11.9. The van der Waals surface area contributed by atoms with E-state index >= 15 is 0 Å². The summed E-state index contributed by atoms with van der Waals surface area (Å²) in [5.74, 6) is 0.745. The maximum Gasteiger partial charge on any atom is 0.410 e. The first kappa shape index (κ1) is 32.2. The first-order valence-electron chi connectivity index (χ1n) is 16.0. The summed E-state index contributed by atoms with van der Waals surface area (Å²) in [5, 5.41) is 1.30. The predicted octanol–water partition coefficient (Wildman–Crippen LogP) is 9.94. The molecule has 0 aliphatic carbocycles. The molecule has 236 valence electrons. The van der Waals surface area contributed by atoms with Gasteiger partial charge in [-0.1, -0.05) is 67.6 Å². The molecule has 4 aromatic carbocycles. The molecule has 0 bridgehead atoms. The van der Waals surface area contributed by atoms with Gasteiger partial charge in [-0.2, -0.15) is 0 Å². The standard InChI is InChI=1S/C39H44FNO4/c1-7-12-36(42)33-23-27(18-17-25(33)2)34-24-28(44-37-16-11-10-15-32(34)37)21-22-41(38(43)45-39(4,5)6)26(3)29-19-20-35(40)31-14-9-8-13-30(29)31/h8-11,13-20,23,26,28,34H,7,12,21-22,24H2,1-6H3. The van der Waals surface area contributed by atoms with E-state index in [0.717, 1.165) is 45.4 Å². The second-order valence-corrected chi connectivity index (χ2v) is 13.1. The Bertz CT molecular complexity index is 1690. The highest BCUT2D eigenvalue weighted by Crippen LogP contribution is 2.42. The van der Waals surface area contributed by atoms with Crippen molar-refractivity contribution in [2.75, 3.05) is 6.54 Å². The summed E-state index contributed by atoms with van der Waals surface area (Å²) >= 11 is 0. The van der Waals surface area contributed by atoms with Gasteiger partial charge in [0.05, 0.1) is 6.04 Å². The number of para-hydroxylation sites is 1. The molecule has 3 atom stereocenters. The van der Waals surface area contributed by atoms with E-state index < -0.39 is 11.7 Å². The molecule has 0 saturated carbocycles. The van der Waals surface area contributed by atoms with Crippen molar-refractivity contribution in [3.8, 4) is 5.75 Å². The molecule has 1 aliphatic heterocycles. The third kappa shape index (κ3) is 7.22. The first-order chi connectivity index (χ1) is 21.5. The number of fused-ring (bicyclic) bond motifs is 2. The number of amides is 1. The van der Waals surface area contributed by atoms with Crippen molar-refractivity contribution in [2.45, 2.75) is 90.9 Å². The van der Waals surface area contributed by atoms with Crippen LogP contribution in [0.1, 0.15) is 105 Å². The minimum atomic E-state index is -0.677. The molecule has 0 saturated heterocycles. The predicted molar refractivity (Wildman–Crippen MR) is 178 cm³/mol. The van der Waals surface area contributed by atoms with E-state index in [1.807, 2.05) is 84.0 Å². The number of rotatable bonds is 9. The first-order valence-corrected chi connectivity index (χ1v) is 16.0. The van der Waals surface area contributed by atoms with Crippen LogP contribution in [0.15, 0.2) is 78.9 Å². The van der Waals surface area contributed by atoms with E-state index in [1.54, 1.807) is 17.0 Å². The minimum absolute atomic E-state index is 0.0437. The van der Waals surface area contributed by atoms with Gasteiger partial charge in [0.1, 0.15) is 23.3 Å². The number of aryl methyl sites for hydroxylation is 1. The van der Waals surface area contributed by atoms with Crippen LogP contribution in [0.25, 0.3) is 10.8 Å². The highest BCUT2D eigenvalue weighted by Gasteiger charge is 2.33. The molecule has 0 aromatic heterocycles. The second kappa shape index (κ2) is 13.4. The van der Waals surface area contributed by atoms with Crippen LogP contribution in [0, 0.1) is 12.7 Å². The average molecular weight is 610 g/mol. The van der Waals surface area contributed by atoms with Crippen LogP contribution in [-0.2, 0) is 4.74 Å². The number of nitrogens with zero attached hydrogens (tertiary/aromatic N) is 1. The molecule has 5 rings (SSSR count). The Morgan fingerprint density at radius 1 is 1.00 bits per heavy atom. The highest BCUT2D eigenvalue weighted by molar-refractivity contribution is 5.97. The van der Waals surface area contributed by atoms with Crippen LogP contribution in [0.2, 0.25) is 0 Å². The monoisotopic (exact) mass is 609 g/mol. The van der Waals surface area contributed by atoms with Crippen molar-refractivity contribution in [3.05, 3.63) is 112 Å². The van der Waals surface area contributed by atoms with Gasteiger partial charge in [-0.15, -0.1) is 0 Å². The maximum atomic E-state index is 14.7. The largest absolute Gasteiger partial charge is 0.490 e. The summed E-state index contributed by atoms with van der Waals surface area (Å²) in [6.07, 6.45) is 2.01. The summed E-state index contributed by atoms with van der Waals surface area (Å²) in [7, 11) is 0. The summed E-state index contributed by atoms with van der Waals surface area (Å²) in [6, 6.07) is 24.5. The fourth-order valence-electron chi connectivity index (χ4n) is 6.37. The molecule has 1 heterocycles. The van der Waals surface area contributed by atoms with E-state index in [9.17, 15) is 14.0 Å². The van der Waals surface area contributed by atoms with Gasteiger partial charge in [0.2, 0.25) is 0 Å². The number of Topliss-reactive ketones (excluding diaryl/α,β-unsaturated/α-hetero) is 1. The van der Waals surface area contributed by atoms with Crippen molar-refractivity contribution in [2.24, 2.45) is 0 Å². The lowest BCUT2D eigenvalue weighted by Crippen LogP contribution is -2.41. The molecule has 0 radical (unpaired) electrons. The molecular formula is C39H44FNO4.